The lowest BCUT2D eigenvalue weighted by Crippen LogP contribution is -2.56. The Hall–Kier alpha value is -2.86. The Morgan fingerprint density at radius 2 is 1.71 bits per heavy atom. The van der Waals surface area contributed by atoms with Crippen LogP contribution in [0.15, 0.2) is 36.7 Å². The number of nitro groups is 1. The van der Waals surface area contributed by atoms with Crippen molar-refractivity contribution >= 4 is 5.95 Å². The average molecular weight is 604 g/mol. The first-order chi connectivity index (χ1) is 19.7. The molecular formula is C26H32F3N3O10. The minimum atomic E-state index is -4.80. The van der Waals surface area contributed by atoms with Gasteiger partial charge in [0.2, 0.25) is 0 Å². The molecule has 3 aliphatic rings. The van der Waals surface area contributed by atoms with E-state index < -0.39 is 59.7 Å². The molecule has 0 bridgehead atoms. The first-order valence-corrected chi connectivity index (χ1v) is 13.2. The van der Waals surface area contributed by atoms with Gasteiger partial charge in [-0.05, 0) is 50.3 Å². The molecule has 0 radical (unpaired) electrons. The van der Waals surface area contributed by atoms with E-state index in [1.54, 1.807) is 27.7 Å². The summed E-state index contributed by atoms with van der Waals surface area (Å²) >= 11 is 0. The molecule has 13 nitrogen and oxygen atoms in total. The Kier molecular flexibility index (Phi) is 8.50. The van der Waals surface area contributed by atoms with E-state index in [9.17, 15) is 23.3 Å². The third-order valence-electron chi connectivity index (χ3n) is 6.74. The van der Waals surface area contributed by atoms with Crippen molar-refractivity contribution in [3.05, 3.63) is 52.3 Å². The number of benzene rings is 1. The van der Waals surface area contributed by atoms with Crippen molar-refractivity contribution in [1.29, 1.82) is 0 Å². The molecule has 0 N–H and O–H groups in total. The average Bonchev–Trinajstić information content (AvgIpc) is 3.56. The van der Waals surface area contributed by atoms with Crippen LogP contribution in [0.25, 0.3) is 0 Å². The van der Waals surface area contributed by atoms with Gasteiger partial charge in [0.25, 0.3) is 0 Å². The smallest absolute Gasteiger partial charge is 0.406 e. The minimum absolute atomic E-state index is 0.0109. The highest BCUT2D eigenvalue weighted by atomic mass is 19.4. The van der Waals surface area contributed by atoms with Crippen LogP contribution in [0.2, 0.25) is 0 Å². The topological polar surface area (TPSA) is 135 Å². The Morgan fingerprint density at radius 3 is 2.40 bits per heavy atom. The SMILES string of the molecule is CC1(C)O[C@H]2[C@@H](O1)[C@@H](COCC(Cn1ccnc1[N+](=O)[O-])OCc1ccc(OC(F)(F)F)cc1)O[C@@H]1OC(C)(C)O[C@@H]12. The van der Waals surface area contributed by atoms with Crippen molar-refractivity contribution in [3.63, 3.8) is 0 Å². The maximum Gasteiger partial charge on any atom is 0.573 e. The van der Waals surface area contributed by atoms with Gasteiger partial charge in [0.05, 0.1) is 19.8 Å². The van der Waals surface area contributed by atoms with E-state index in [2.05, 4.69) is 9.72 Å². The molecule has 2 aromatic rings. The van der Waals surface area contributed by atoms with Crippen molar-refractivity contribution in [3.8, 4) is 5.75 Å². The van der Waals surface area contributed by atoms with E-state index in [0.29, 0.717) is 5.56 Å². The number of ether oxygens (including phenoxy) is 8. The van der Waals surface area contributed by atoms with Crippen molar-refractivity contribution in [2.24, 2.45) is 0 Å². The van der Waals surface area contributed by atoms with Gasteiger partial charge in [-0.15, -0.1) is 13.2 Å². The largest absolute Gasteiger partial charge is 0.573 e. The molecule has 1 unspecified atom stereocenters. The molecule has 3 aliphatic heterocycles. The molecule has 1 aromatic carbocycles. The Bertz CT molecular complexity index is 1240. The fourth-order valence-corrected chi connectivity index (χ4v) is 5.13. The van der Waals surface area contributed by atoms with Crippen LogP contribution in [0.3, 0.4) is 0 Å². The van der Waals surface area contributed by atoms with Gasteiger partial charge in [-0.25, -0.2) is 4.57 Å². The van der Waals surface area contributed by atoms with E-state index in [4.69, 9.17) is 33.2 Å². The zero-order chi connectivity index (χ0) is 30.3. The number of fused-ring (bicyclic) bond motifs is 3. The van der Waals surface area contributed by atoms with E-state index in [1.807, 2.05) is 0 Å². The van der Waals surface area contributed by atoms with Gasteiger partial charge in [-0.1, -0.05) is 17.1 Å². The van der Waals surface area contributed by atoms with Crippen LogP contribution in [-0.4, -0.2) is 82.4 Å². The maximum atomic E-state index is 12.5. The molecule has 3 saturated heterocycles. The normalized spacial score (nSPS) is 28.7. The summed E-state index contributed by atoms with van der Waals surface area (Å²) in [5, 5.41) is 11.4. The summed E-state index contributed by atoms with van der Waals surface area (Å²) in [7, 11) is 0. The first-order valence-electron chi connectivity index (χ1n) is 13.2. The molecule has 0 amide bonds. The summed E-state index contributed by atoms with van der Waals surface area (Å²) in [6.45, 7) is 7.21. The predicted molar refractivity (Wildman–Crippen MR) is 134 cm³/mol. The fraction of sp³-hybridized carbons (Fsp3) is 0.654. The quantitative estimate of drug-likeness (QED) is 0.275. The zero-order valence-electron chi connectivity index (χ0n) is 23.3. The highest BCUT2D eigenvalue weighted by Gasteiger charge is 2.60. The zero-order valence-corrected chi connectivity index (χ0v) is 23.3. The Balaban J connectivity index is 1.24. The number of hydrogen-bond acceptors (Lipinski definition) is 11. The number of hydrogen-bond donors (Lipinski definition) is 0. The fourth-order valence-electron chi connectivity index (χ4n) is 5.13. The molecule has 0 spiro atoms. The van der Waals surface area contributed by atoms with Crippen molar-refractivity contribution in [2.45, 2.75) is 95.6 Å². The standard InChI is InChI=1S/C26H32F3N3O10/c1-24(2)39-19-18(37-22-21(20(19)40-24)41-25(3,4)42-22)14-35-13-17(11-31-10-9-30-23(31)32(33)34)36-12-15-5-7-16(8-6-15)38-26(27,28)29/h5-10,17-22H,11-14H2,1-4H3/t17?,18-,19+,20+,21-,22-/m1/s1. The number of aromatic nitrogens is 2. The third kappa shape index (κ3) is 7.37. The van der Waals surface area contributed by atoms with Crippen LogP contribution >= 0.6 is 0 Å². The summed E-state index contributed by atoms with van der Waals surface area (Å²) < 4.78 is 84.9. The minimum Gasteiger partial charge on any atom is -0.406 e. The van der Waals surface area contributed by atoms with Gasteiger partial charge in [-0.2, -0.15) is 0 Å². The summed E-state index contributed by atoms with van der Waals surface area (Å²) in [4.78, 5) is 14.5. The monoisotopic (exact) mass is 603 g/mol. The van der Waals surface area contributed by atoms with E-state index in [0.717, 1.165) is 0 Å². The van der Waals surface area contributed by atoms with E-state index >= 15 is 0 Å². The van der Waals surface area contributed by atoms with Crippen molar-refractivity contribution in [1.82, 2.24) is 9.55 Å². The molecule has 232 valence electrons. The number of rotatable bonds is 11. The number of nitrogens with zero attached hydrogens (tertiary/aromatic N) is 3. The molecular weight excluding hydrogens is 571 g/mol. The lowest BCUT2D eigenvalue weighted by Gasteiger charge is -2.37. The van der Waals surface area contributed by atoms with Crippen LogP contribution in [0.1, 0.15) is 33.3 Å². The van der Waals surface area contributed by atoms with Crippen molar-refractivity contribution in [2.75, 3.05) is 13.2 Å². The summed E-state index contributed by atoms with van der Waals surface area (Å²) in [5.41, 5.74) is 0.555. The lowest BCUT2D eigenvalue weighted by molar-refractivity contribution is -0.397. The molecule has 0 saturated carbocycles. The second-order valence-corrected chi connectivity index (χ2v) is 11.0. The molecule has 5 rings (SSSR count). The number of imidazole rings is 1. The number of alkyl halides is 3. The van der Waals surface area contributed by atoms with Crippen LogP contribution < -0.4 is 4.74 Å². The van der Waals surface area contributed by atoms with Crippen molar-refractivity contribution < 1.29 is 56.0 Å². The summed E-state index contributed by atoms with van der Waals surface area (Å²) in [6.07, 6.45) is -5.51. The molecule has 6 atom stereocenters. The molecule has 0 aliphatic carbocycles. The van der Waals surface area contributed by atoms with E-state index in [-0.39, 0.29) is 38.1 Å². The highest BCUT2D eigenvalue weighted by molar-refractivity contribution is 5.27. The Labute approximate surface area is 238 Å². The van der Waals surface area contributed by atoms with E-state index in [1.165, 1.54) is 41.2 Å². The van der Waals surface area contributed by atoms with Crippen LogP contribution in [0.4, 0.5) is 19.1 Å². The molecule has 16 heteroatoms. The maximum absolute atomic E-state index is 12.5. The third-order valence-corrected chi connectivity index (χ3v) is 6.74. The van der Waals surface area contributed by atoms with Crippen LogP contribution in [0.5, 0.6) is 5.75 Å². The van der Waals surface area contributed by atoms with Gasteiger partial charge in [-0.3, -0.25) is 0 Å². The van der Waals surface area contributed by atoms with Gasteiger partial charge in [0, 0.05) is 0 Å². The second kappa shape index (κ2) is 11.7. The second-order valence-electron chi connectivity index (χ2n) is 11.0. The molecule has 1 aromatic heterocycles. The predicted octanol–water partition coefficient (Wildman–Crippen LogP) is 3.69. The lowest BCUT2D eigenvalue weighted by atomic mass is 9.99. The molecule has 3 fully saturated rings. The van der Waals surface area contributed by atoms with Crippen LogP contribution in [0, 0.1) is 10.1 Å². The van der Waals surface area contributed by atoms with Gasteiger partial charge in [0.15, 0.2) is 17.9 Å². The van der Waals surface area contributed by atoms with Crippen LogP contribution in [-0.2, 0) is 46.3 Å². The number of halogens is 3. The first kappa shape index (κ1) is 30.6. The summed E-state index contributed by atoms with van der Waals surface area (Å²) in [6, 6.07) is 5.19. The molecule has 4 heterocycles. The summed E-state index contributed by atoms with van der Waals surface area (Å²) in [5.74, 6) is -2.49. The Morgan fingerprint density at radius 1 is 1.05 bits per heavy atom. The highest BCUT2D eigenvalue weighted by Crippen LogP contribution is 2.44. The van der Waals surface area contributed by atoms with Gasteiger partial charge in [0.1, 0.15) is 55.2 Å². The van der Waals surface area contributed by atoms with Gasteiger partial charge >= 0.3 is 12.3 Å². The molecule has 42 heavy (non-hydrogen) atoms. The van der Waals surface area contributed by atoms with Gasteiger partial charge < -0.3 is 48.0 Å².